The van der Waals surface area contributed by atoms with Crippen molar-refractivity contribution in [2.24, 2.45) is 45.5 Å². The summed E-state index contributed by atoms with van der Waals surface area (Å²) in [4.78, 5) is 284. The number of carboxylic acids is 1. The zero-order valence-electron chi connectivity index (χ0n) is 80.3. The van der Waals surface area contributed by atoms with Gasteiger partial charge in [0.05, 0.1) is 6.61 Å². The standard InChI is InChI=1S/C91H149N23O21S2/c1-9-11-14-29-59(104-86(131)70-35-24-45-113(70)90(135)73(53(5)6)99-55(8)116)76(121)103-61-39-47-136-137-51-67(83(128)106-63(31-18-20-41-93)88(133)114-46-25-36-71(114)89(134)112-44-23-34-69(112)85(130)100-57(74(94)119)37-38-72(117)118)110-81(126)65(49-56-26-15-13-16-27-56)108-82(127)66(50-115)109-75(120)54(7)98-84(129)68-33-22-43-111(68)87(132)62(28-12-10-2)105-78(123)58(30-17-19-40-92)101-77(122)60(32-21-42-97-91(95)96)102-80(125)64(48-52(3)4)107-79(61)124/h13,15-16,26-27,52-54,57-71,73,115H,9-12,14,17-25,28-51,92-93H2,1-8H3,(H2,94,119)(H,98,129)(H,99,116)(H,100,130)(H,101,122)(H,102,125)(H,103,121)(H,104,131)(H,105,123)(H,106,128)(H,107,124)(H,108,127)(H,109,120)(H,110,126)(H,117,118)(H4,95,96,97)/t54-,57-,58-,59-,60-,61-,62-,63-,64-,65-,66-,67-,68-,69-,70-,71-,73-/m0/s1. The number of nitrogens with two attached hydrogens (primary N) is 5. The Hall–Kier alpha value is -11.0. The third-order valence-corrected chi connectivity index (χ3v) is 27.2. The van der Waals surface area contributed by atoms with E-state index in [1.165, 1.54) is 33.4 Å². The fourth-order valence-electron chi connectivity index (χ4n) is 17.2. The summed E-state index contributed by atoms with van der Waals surface area (Å²) in [7, 11) is 1.98. The molecular weight excluding hydrogens is 1820 g/mol. The number of primary amides is 1. The second-order valence-electron chi connectivity index (χ2n) is 36.5. The molecule has 44 nitrogen and oxygen atoms in total. The Morgan fingerprint density at radius 2 is 1.04 bits per heavy atom. The van der Waals surface area contributed by atoms with Crippen molar-refractivity contribution in [3.63, 3.8) is 0 Å². The van der Waals surface area contributed by atoms with E-state index in [4.69, 9.17) is 28.7 Å². The maximum absolute atomic E-state index is 15.6. The van der Waals surface area contributed by atoms with Gasteiger partial charge in [-0.25, -0.2) is 0 Å². The number of aliphatic carboxylic acids is 1. The lowest BCUT2D eigenvalue weighted by atomic mass is 10.0. The number of nitrogens with one attached hydrogen (secondary N) is 13. The fourth-order valence-corrected chi connectivity index (χ4v) is 19.5. The smallest absolute Gasteiger partial charge is 0.303 e. The summed E-state index contributed by atoms with van der Waals surface area (Å²) in [5, 5.41) is 55.6. The van der Waals surface area contributed by atoms with Crippen LogP contribution >= 0.6 is 21.6 Å². The van der Waals surface area contributed by atoms with Gasteiger partial charge >= 0.3 is 5.97 Å². The molecule has 5 heterocycles. The number of hydrogen-bond donors (Lipinski definition) is 20. The van der Waals surface area contributed by atoms with Crippen LogP contribution in [0.15, 0.2) is 35.3 Å². The monoisotopic (exact) mass is 1960 g/mol. The van der Waals surface area contributed by atoms with Crippen LogP contribution in [0.4, 0.5) is 0 Å². The Labute approximate surface area is 809 Å². The van der Waals surface area contributed by atoms with Crippen molar-refractivity contribution in [1.29, 1.82) is 0 Å². The SMILES string of the molecule is CCCCC[C@H](NC(=O)[C@@H]1CCCN1C(=O)[C@@H](NC(C)=O)C(C)C)C(=O)N[C@H]1CCSSC[C@@H](C(=O)N[C@@H](CCCCN)C(=O)N2CCC[C@H]2C(=O)N2CCC[C@H]2C(=O)N[C@@H](CCC(=O)O)C(N)=O)NC(=O)[C@H](Cc2ccccc2)NC(=O)[C@H](CO)NC(=O)[C@H](C)NC(=O)[C@@H]2CCCN2C(=O)[C@H](CCCC)NC(=O)[C@H](CCCCN)NC(=O)[C@H](CCCN=C(N)N)NC(=O)[C@H](CC(C)C)NC1=O. The Morgan fingerprint density at radius 3 is 1.64 bits per heavy atom. The number of aliphatic hydroxyl groups excluding tert-OH is 1. The van der Waals surface area contributed by atoms with Gasteiger partial charge in [0.1, 0.15) is 103 Å². The third-order valence-electron chi connectivity index (χ3n) is 24.7. The number of fused-ring (bicyclic) bond motifs is 1. The van der Waals surface area contributed by atoms with Crippen LogP contribution in [0.25, 0.3) is 0 Å². The molecule has 0 aliphatic carbocycles. The van der Waals surface area contributed by atoms with Crippen molar-refractivity contribution in [2.45, 2.75) is 338 Å². The Kier molecular flexibility index (Phi) is 49.7. The van der Waals surface area contributed by atoms with Gasteiger partial charge in [0.2, 0.25) is 106 Å². The van der Waals surface area contributed by atoms with Crippen LogP contribution in [0.2, 0.25) is 0 Å². The molecule has 5 aliphatic heterocycles. The molecule has 6 rings (SSSR count). The molecule has 1 aromatic carbocycles. The summed E-state index contributed by atoms with van der Waals surface area (Å²) in [6.45, 7) is 12.8. The lowest BCUT2D eigenvalue weighted by Gasteiger charge is -2.33. The van der Waals surface area contributed by atoms with E-state index < -0.39 is 234 Å². The Balaban J connectivity index is 1.49. The van der Waals surface area contributed by atoms with Crippen LogP contribution in [0.3, 0.4) is 0 Å². The normalized spacial score (nSPS) is 24.4. The number of benzene rings is 1. The summed E-state index contributed by atoms with van der Waals surface area (Å²) in [6, 6.07) is -15.4. The molecular formula is C91H149N23O21S2. The van der Waals surface area contributed by atoms with Crippen molar-refractivity contribution >= 4 is 140 Å². The van der Waals surface area contributed by atoms with E-state index in [1.54, 1.807) is 58.0 Å². The average molecular weight is 1970 g/mol. The lowest BCUT2D eigenvalue weighted by Crippen LogP contribution is -2.61. The van der Waals surface area contributed by atoms with Crippen LogP contribution in [0.5, 0.6) is 0 Å². The summed E-state index contributed by atoms with van der Waals surface area (Å²) < 4.78 is 0. The average Bonchev–Trinajstić information content (AvgIpc) is 1.66. The minimum Gasteiger partial charge on any atom is -0.481 e. The molecule has 5 saturated heterocycles. The van der Waals surface area contributed by atoms with Crippen molar-refractivity contribution in [3.8, 4) is 0 Å². The summed E-state index contributed by atoms with van der Waals surface area (Å²) in [5.41, 5.74) is 29.4. The van der Waals surface area contributed by atoms with E-state index in [0.717, 1.165) is 21.6 Å². The molecule has 0 radical (unpaired) electrons. The van der Waals surface area contributed by atoms with Gasteiger partial charge in [-0.05, 0) is 172 Å². The van der Waals surface area contributed by atoms with Gasteiger partial charge in [0.15, 0.2) is 5.96 Å². The number of rotatable bonds is 41. The van der Waals surface area contributed by atoms with E-state index in [0.29, 0.717) is 76.2 Å². The van der Waals surface area contributed by atoms with Gasteiger partial charge < -0.3 is 128 Å². The molecule has 0 spiro atoms. The molecule has 17 atom stereocenters. The number of carbonyl (C=O) groups is 19. The lowest BCUT2D eigenvalue weighted by molar-refractivity contribution is -0.148. The van der Waals surface area contributed by atoms with E-state index in [-0.39, 0.29) is 172 Å². The van der Waals surface area contributed by atoms with Crippen molar-refractivity contribution in [1.82, 2.24) is 88.7 Å². The van der Waals surface area contributed by atoms with Crippen molar-refractivity contribution < 1.29 is 101 Å². The van der Waals surface area contributed by atoms with Crippen LogP contribution in [-0.4, -0.2) is 315 Å². The minimum atomic E-state index is -1.82. The second kappa shape index (κ2) is 59.3. The summed E-state index contributed by atoms with van der Waals surface area (Å²) >= 11 is 0. The zero-order chi connectivity index (χ0) is 101. The fraction of sp³-hybridized carbons (Fsp3) is 0.714. The predicted molar refractivity (Wildman–Crippen MR) is 512 cm³/mol. The van der Waals surface area contributed by atoms with Crippen LogP contribution < -0.4 is 97.8 Å². The molecule has 0 aromatic heterocycles. The summed E-state index contributed by atoms with van der Waals surface area (Å²) in [6.07, 6.45) is 4.13. The van der Waals surface area contributed by atoms with E-state index >= 15 is 33.6 Å². The Bertz CT molecular complexity index is 4290. The minimum absolute atomic E-state index is 0.00208. The highest BCUT2D eigenvalue weighted by molar-refractivity contribution is 8.76. The number of likely N-dealkylation sites (tertiary alicyclic amines) is 3. The zero-order valence-corrected chi connectivity index (χ0v) is 81.9. The van der Waals surface area contributed by atoms with Crippen molar-refractivity contribution in [2.75, 3.05) is 63.9 Å². The Morgan fingerprint density at radius 1 is 0.518 bits per heavy atom. The van der Waals surface area contributed by atoms with E-state index in [2.05, 4.69) is 74.1 Å². The third kappa shape index (κ3) is 37.0. The molecule has 18 amide bonds. The number of aliphatic hydroxyl groups is 1. The highest BCUT2D eigenvalue weighted by atomic mass is 33.1. The number of guanidine groups is 1. The van der Waals surface area contributed by atoms with E-state index in [9.17, 15) is 67.7 Å². The van der Waals surface area contributed by atoms with Gasteiger partial charge in [0, 0.05) is 64.0 Å². The number of aliphatic imine (C=N–C) groups is 1. The molecule has 766 valence electrons. The number of carboxylic acid groups (broad SMARTS) is 1. The first-order valence-corrected chi connectivity index (χ1v) is 50.8. The second-order valence-corrected chi connectivity index (χ2v) is 39.1. The number of unbranched alkanes of at least 4 members (excludes halogenated alkanes) is 5. The first-order valence-electron chi connectivity index (χ1n) is 48.3. The maximum Gasteiger partial charge on any atom is 0.303 e. The number of amides is 18. The van der Waals surface area contributed by atoms with Gasteiger partial charge in [-0.3, -0.25) is 96.1 Å². The van der Waals surface area contributed by atoms with E-state index in [1.807, 2.05) is 13.8 Å². The van der Waals surface area contributed by atoms with Gasteiger partial charge in [-0.2, -0.15) is 0 Å². The number of hydrogen-bond acceptors (Lipinski definition) is 25. The first-order chi connectivity index (χ1) is 65.3. The highest BCUT2D eigenvalue weighted by Gasteiger charge is 2.47. The molecule has 0 bridgehead atoms. The van der Waals surface area contributed by atoms with Gasteiger partial charge in [-0.1, -0.05) is 126 Å². The molecule has 137 heavy (non-hydrogen) atoms. The highest BCUT2D eigenvalue weighted by Crippen LogP contribution is 2.30. The molecule has 1 aromatic rings. The molecule has 5 fully saturated rings. The molecule has 25 N–H and O–H groups in total. The largest absolute Gasteiger partial charge is 0.481 e. The van der Waals surface area contributed by atoms with Crippen LogP contribution in [-0.2, 0) is 97.5 Å². The number of carbonyl (C=O) groups excluding carboxylic acids is 18. The van der Waals surface area contributed by atoms with Gasteiger partial charge in [-0.15, -0.1) is 0 Å². The van der Waals surface area contributed by atoms with Crippen LogP contribution in [0, 0.1) is 11.8 Å². The first kappa shape index (κ1) is 115. The van der Waals surface area contributed by atoms with Gasteiger partial charge in [0.25, 0.3) is 0 Å². The molecule has 0 saturated carbocycles. The molecule has 5 aliphatic rings. The molecule has 0 unspecified atom stereocenters. The maximum atomic E-state index is 15.6. The topological polar surface area (TPSA) is 677 Å². The van der Waals surface area contributed by atoms with Crippen molar-refractivity contribution in [3.05, 3.63) is 35.9 Å². The predicted octanol–water partition coefficient (Wildman–Crippen LogP) is -2.55. The number of nitrogens with zero attached hydrogens (tertiary/aromatic N) is 5. The quantitative estimate of drug-likeness (QED) is 0.0139. The van der Waals surface area contributed by atoms with Crippen LogP contribution in [0.1, 0.15) is 234 Å². The molecule has 46 heteroatoms. The summed E-state index contributed by atoms with van der Waals surface area (Å²) in [5.74, 6) is -17.5.